The summed E-state index contributed by atoms with van der Waals surface area (Å²) >= 11 is 0. The molecule has 2 heterocycles. The van der Waals surface area contributed by atoms with E-state index in [9.17, 15) is 9.59 Å². The van der Waals surface area contributed by atoms with Gasteiger partial charge in [0.2, 0.25) is 5.91 Å². The van der Waals surface area contributed by atoms with Gasteiger partial charge in [0.1, 0.15) is 12.4 Å². The van der Waals surface area contributed by atoms with Crippen molar-refractivity contribution >= 4 is 17.5 Å². The number of furan rings is 1. The van der Waals surface area contributed by atoms with Crippen molar-refractivity contribution in [3.63, 3.8) is 0 Å². The van der Waals surface area contributed by atoms with Crippen molar-refractivity contribution in [3.8, 4) is 0 Å². The van der Waals surface area contributed by atoms with Gasteiger partial charge in [-0.2, -0.15) is 0 Å². The third-order valence-electron chi connectivity index (χ3n) is 4.80. The molecule has 0 unspecified atom stereocenters. The second-order valence-corrected chi connectivity index (χ2v) is 6.99. The zero-order valence-corrected chi connectivity index (χ0v) is 15.9. The van der Waals surface area contributed by atoms with E-state index >= 15 is 0 Å². The van der Waals surface area contributed by atoms with E-state index in [1.54, 1.807) is 18.4 Å². The van der Waals surface area contributed by atoms with Gasteiger partial charge in [-0.15, -0.1) is 0 Å². The molecule has 0 aliphatic carbocycles. The largest absolute Gasteiger partial charge is 0.467 e. The van der Waals surface area contributed by atoms with Crippen LogP contribution in [0.4, 0.5) is 5.69 Å². The maximum absolute atomic E-state index is 12.5. The molecule has 29 heavy (non-hydrogen) atoms. The van der Waals surface area contributed by atoms with Crippen LogP contribution in [0.5, 0.6) is 0 Å². The lowest BCUT2D eigenvalue weighted by molar-refractivity contribution is -0.116. The van der Waals surface area contributed by atoms with Gasteiger partial charge < -0.3 is 19.8 Å². The highest BCUT2D eigenvalue weighted by Crippen LogP contribution is 2.23. The molecule has 2 N–H and O–H groups in total. The highest BCUT2D eigenvalue weighted by Gasteiger charge is 2.16. The Labute approximate surface area is 168 Å². The maximum Gasteiger partial charge on any atom is 0.251 e. The molecule has 0 radical (unpaired) electrons. The quantitative estimate of drug-likeness (QED) is 0.643. The average Bonchev–Trinajstić information content (AvgIpc) is 3.25. The molecule has 0 atom stereocenters. The number of carbonyl (C=O) groups excluding carboxylic acids is 2. The molecule has 0 spiro atoms. The van der Waals surface area contributed by atoms with Gasteiger partial charge in [-0.1, -0.05) is 24.3 Å². The molecule has 6 heteroatoms. The number of benzene rings is 2. The van der Waals surface area contributed by atoms with Crippen LogP contribution in [0.3, 0.4) is 0 Å². The van der Waals surface area contributed by atoms with E-state index < -0.39 is 0 Å². The Morgan fingerprint density at radius 1 is 1.03 bits per heavy atom. The zero-order chi connectivity index (χ0) is 20.1. The minimum absolute atomic E-state index is 0.0164. The van der Waals surface area contributed by atoms with Crippen molar-refractivity contribution in [2.45, 2.75) is 32.6 Å². The van der Waals surface area contributed by atoms with Crippen molar-refractivity contribution in [1.29, 1.82) is 0 Å². The summed E-state index contributed by atoms with van der Waals surface area (Å²) in [4.78, 5) is 24.0. The number of hydrogen-bond acceptors (Lipinski definition) is 4. The number of fused-ring (bicyclic) bond motifs is 1. The van der Waals surface area contributed by atoms with E-state index in [0.29, 0.717) is 38.2 Å². The Morgan fingerprint density at radius 3 is 2.79 bits per heavy atom. The fraction of sp³-hybridized carbons (Fsp3) is 0.217. The Bertz CT molecular complexity index is 1010. The molecule has 0 bridgehead atoms. The first kappa shape index (κ1) is 19.0. The predicted molar refractivity (Wildman–Crippen MR) is 108 cm³/mol. The minimum Gasteiger partial charge on any atom is -0.467 e. The summed E-state index contributed by atoms with van der Waals surface area (Å²) in [5.74, 6) is 0.671. The van der Waals surface area contributed by atoms with Crippen LogP contribution >= 0.6 is 0 Å². The Hall–Kier alpha value is -3.38. The van der Waals surface area contributed by atoms with Crippen molar-refractivity contribution in [1.82, 2.24) is 5.32 Å². The molecule has 0 saturated heterocycles. The van der Waals surface area contributed by atoms with Gasteiger partial charge in [-0.3, -0.25) is 9.59 Å². The van der Waals surface area contributed by atoms with Crippen LogP contribution in [-0.2, 0) is 35.7 Å². The summed E-state index contributed by atoms with van der Waals surface area (Å²) in [5.41, 5.74) is 4.42. The normalized spacial score (nSPS) is 12.9. The molecule has 0 saturated carbocycles. The highest BCUT2D eigenvalue weighted by molar-refractivity contribution is 5.97. The van der Waals surface area contributed by atoms with Crippen molar-refractivity contribution in [2.75, 3.05) is 5.32 Å². The second kappa shape index (κ2) is 8.75. The number of anilines is 1. The summed E-state index contributed by atoms with van der Waals surface area (Å²) in [6.07, 6.45) is 2.73. The topological polar surface area (TPSA) is 80.6 Å². The van der Waals surface area contributed by atoms with E-state index in [-0.39, 0.29) is 11.8 Å². The Balaban J connectivity index is 1.31. The van der Waals surface area contributed by atoms with Crippen molar-refractivity contribution < 1.29 is 18.7 Å². The third kappa shape index (κ3) is 4.92. The van der Waals surface area contributed by atoms with Gasteiger partial charge in [0.15, 0.2) is 0 Å². The standard InChI is InChI=1S/C23H22N2O4/c26-22-9-7-18-12-19(6-8-21(18)25-22)23(27)24-13-16-3-1-4-17(11-16)14-28-15-20-5-2-10-29-20/h1-6,8,10-12H,7,9,13-15H2,(H,24,27)(H,25,26). The van der Waals surface area contributed by atoms with Crippen molar-refractivity contribution in [3.05, 3.63) is 88.9 Å². The van der Waals surface area contributed by atoms with Crippen LogP contribution in [0.25, 0.3) is 0 Å². The van der Waals surface area contributed by atoms with Crippen molar-refractivity contribution in [2.24, 2.45) is 0 Å². The summed E-state index contributed by atoms with van der Waals surface area (Å²) in [5, 5.41) is 5.78. The number of rotatable bonds is 7. The molecule has 1 aromatic heterocycles. The van der Waals surface area contributed by atoms with Gasteiger partial charge in [-0.05, 0) is 53.4 Å². The predicted octanol–water partition coefficient (Wildman–Crippen LogP) is 3.81. The highest BCUT2D eigenvalue weighted by atomic mass is 16.5. The Kier molecular flexibility index (Phi) is 5.72. The van der Waals surface area contributed by atoms with E-state index in [2.05, 4.69) is 10.6 Å². The summed E-state index contributed by atoms with van der Waals surface area (Å²) in [6, 6.07) is 17.0. The molecule has 1 aliphatic rings. The van der Waals surface area contributed by atoms with Gasteiger partial charge in [0, 0.05) is 24.2 Å². The van der Waals surface area contributed by atoms with Gasteiger partial charge >= 0.3 is 0 Å². The molecule has 0 fully saturated rings. The molecular formula is C23H22N2O4. The lowest BCUT2D eigenvalue weighted by Gasteiger charge is -2.17. The second-order valence-electron chi connectivity index (χ2n) is 6.99. The van der Waals surface area contributed by atoms with E-state index in [4.69, 9.17) is 9.15 Å². The van der Waals surface area contributed by atoms with E-state index in [0.717, 1.165) is 28.1 Å². The third-order valence-corrected chi connectivity index (χ3v) is 4.80. The SMILES string of the molecule is O=C1CCc2cc(C(=O)NCc3cccc(COCc4ccco4)c3)ccc2N1. The molecule has 4 rings (SSSR count). The number of aryl methyl sites for hydroxylation is 1. The summed E-state index contributed by atoms with van der Waals surface area (Å²) < 4.78 is 10.9. The first-order valence-corrected chi connectivity index (χ1v) is 9.56. The first-order valence-electron chi connectivity index (χ1n) is 9.56. The molecule has 6 nitrogen and oxygen atoms in total. The lowest BCUT2D eigenvalue weighted by atomic mass is 10.00. The fourth-order valence-electron chi connectivity index (χ4n) is 3.30. The number of nitrogens with one attached hydrogen (secondary N) is 2. The summed E-state index contributed by atoms with van der Waals surface area (Å²) in [7, 11) is 0. The number of ether oxygens (including phenoxy) is 1. The minimum atomic E-state index is -0.135. The number of hydrogen-bond donors (Lipinski definition) is 2. The molecule has 3 aromatic rings. The van der Waals surface area contributed by atoms with Crippen LogP contribution in [0.2, 0.25) is 0 Å². The average molecular weight is 390 g/mol. The van der Waals surface area contributed by atoms with Gasteiger partial charge in [-0.25, -0.2) is 0 Å². The van der Waals surface area contributed by atoms with Crippen LogP contribution in [-0.4, -0.2) is 11.8 Å². The molecule has 2 amide bonds. The molecule has 148 valence electrons. The smallest absolute Gasteiger partial charge is 0.251 e. The lowest BCUT2D eigenvalue weighted by Crippen LogP contribution is -2.24. The van der Waals surface area contributed by atoms with Crippen LogP contribution in [0.1, 0.15) is 39.2 Å². The fourth-order valence-corrected chi connectivity index (χ4v) is 3.30. The van der Waals surface area contributed by atoms with Crippen LogP contribution < -0.4 is 10.6 Å². The van der Waals surface area contributed by atoms with Crippen LogP contribution in [0, 0.1) is 0 Å². The summed E-state index contributed by atoms with van der Waals surface area (Å²) in [6.45, 7) is 1.32. The van der Waals surface area contributed by atoms with Crippen LogP contribution in [0.15, 0.2) is 65.3 Å². The Morgan fingerprint density at radius 2 is 1.93 bits per heavy atom. The first-order chi connectivity index (χ1) is 14.2. The van der Waals surface area contributed by atoms with E-state index in [1.165, 1.54) is 0 Å². The maximum atomic E-state index is 12.5. The van der Waals surface area contributed by atoms with Gasteiger partial charge in [0.05, 0.1) is 12.9 Å². The molecule has 1 aliphatic heterocycles. The number of carbonyl (C=O) groups is 2. The van der Waals surface area contributed by atoms with Gasteiger partial charge in [0.25, 0.3) is 5.91 Å². The zero-order valence-electron chi connectivity index (χ0n) is 15.9. The number of amides is 2. The molecule has 2 aromatic carbocycles. The van der Waals surface area contributed by atoms with E-state index in [1.807, 2.05) is 42.5 Å². The monoisotopic (exact) mass is 390 g/mol. The molecular weight excluding hydrogens is 368 g/mol.